The Morgan fingerprint density at radius 3 is 1.69 bits per heavy atom. The molecule has 0 amide bonds. The lowest BCUT2D eigenvalue weighted by molar-refractivity contribution is 1.19. The van der Waals surface area contributed by atoms with E-state index >= 15 is 0 Å². The molecule has 0 atom stereocenters. The van der Waals surface area contributed by atoms with E-state index < -0.39 is 0 Å². The van der Waals surface area contributed by atoms with Crippen LogP contribution in [-0.2, 0) is 0 Å². The molecule has 0 bridgehead atoms. The molecule has 0 saturated heterocycles. The van der Waals surface area contributed by atoms with Crippen LogP contribution >= 0.6 is 0 Å². The third kappa shape index (κ3) is 5.21. The van der Waals surface area contributed by atoms with E-state index in [0.717, 1.165) is 50.0 Å². The summed E-state index contributed by atoms with van der Waals surface area (Å²) in [6.45, 7) is 0. The summed E-state index contributed by atoms with van der Waals surface area (Å²) in [7, 11) is 0. The molecular weight excluding hydrogens is 629 g/mol. The van der Waals surface area contributed by atoms with Crippen LogP contribution < -0.4 is 0 Å². The van der Waals surface area contributed by atoms with Crippen molar-refractivity contribution in [1.29, 1.82) is 0 Å². The van der Waals surface area contributed by atoms with Crippen molar-refractivity contribution < 1.29 is 0 Å². The van der Waals surface area contributed by atoms with Crippen molar-refractivity contribution in [2.24, 2.45) is 0 Å². The number of rotatable bonds is 5. The third-order valence-electron chi connectivity index (χ3n) is 10.3. The van der Waals surface area contributed by atoms with Gasteiger partial charge in [-0.2, -0.15) is 0 Å². The highest BCUT2D eigenvalue weighted by molar-refractivity contribution is 6.19. The summed E-state index contributed by atoms with van der Waals surface area (Å²) in [4.78, 5) is 10.9. The van der Waals surface area contributed by atoms with Crippen LogP contribution in [0.2, 0.25) is 0 Å². The van der Waals surface area contributed by atoms with Crippen molar-refractivity contribution in [3.8, 4) is 56.2 Å². The average Bonchev–Trinajstić information content (AvgIpc) is 3.23. The predicted octanol–water partition coefficient (Wildman–Crippen LogP) is 13.4. The highest BCUT2D eigenvalue weighted by Gasteiger charge is 2.19. The lowest BCUT2D eigenvalue weighted by Crippen LogP contribution is -1.98. The molecule has 0 aliphatic carbocycles. The van der Waals surface area contributed by atoms with Gasteiger partial charge in [0.2, 0.25) is 0 Å². The lowest BCUT2D eigenvalue weighted by Gasteiger charge is -2.16. The molecule has 0 aliphatic heterocycles. The molecule has 2 heteroatoms. The molecule has 10 aromatic rings. The molecule has 0 unspecified atom stereocenters. The molecule has 10 rings (SSSR count). The second-order valence-corrected chi connectivity index (χ2v) is 13.4. The Labute approximate surface area is 302 Å². The van der Waals surface area contributed by atoms with Crippen LogP contribution in [0, 0.1) is 0 Å². The minimum absolute atomic E-state index is 0.714. The van der Waals surface area contributed by atoms with E-state index in [1.54, 1.807) is 0 Å². The summed E-state index contributed by atoms with van der Waals surface area (Å²) in [5, 5.41) is 9.57. The molecule has 2 nitrogen and oxygen atoms in total. The van der Waals surface area contributed by atoms with E-state index in [0.29, 0.717) is 5.82 Å². The number of nitrogens with zero attached hydrogens (tertiary/aromatic N) is 2. The highest BCUT2D eigenvalue weighted by atomic mass is 14.9. The van der Waals surface area contributed by atoms with Gasteiger partial charge in [-0.15, -0.1) is 0 Å². The molecule has 0 saturated carbocycles. The first kappa shape index (κ1) is 30.0. The predicted molar refractivity (Wildman–Crippen MR) is 219 cm³/mol. The Morgan fingerprint density at radius 2 is 0.865 bits per heavy atom. The monoisotopic (exact) mass is 660 g/mol. The fourth-order valence-electron chi connectivity index (χ4n) is 7.68. The van der Waals surface area contributed by atoms with E-state index in [2.05, 4.69) is 194 Å². The summed E-state index contributed by atoms with van der Waals surface area (Å²) in [5.74, 6) is 0.714. The summed E-state index contributed by atoms with van der Waals surface area (Å²) >= 11 is 0. The molecule has 1 heterocycles. The largest absolute Gasteiger partial charge is 0.228 e. The summed E-state index contributed by atoms with van der Waals surface area (Å²) < 4.78 is 0. The van der Waals surface area contributed by atoms with Gasteiger partial charge in [-0.05, 0) is 83.5 Å². The van der Waals surface area contributed by atoms with Crippen molar-refractivity contribution in [3.05, 3.63) is 194 Å². The van der Waals surface area contributed by atoms with Gasteiger partial charge in [0.05, 0.1) is 11.4 Å². The third-order valence-corrected chi connectivity index (χ3v) is 10.3. The van der Waals surface area contributed by atoms with Crippen molar-refractivity contribution >= 4 is 43.1 Å². The van der Waals surface area contributed by atoms with E-state index in [4.69, 9.17) is 9.97 Å². The fraction of sp³-hybridized carbons (Fsp3) is 0. The zero-order chi connectivity index (χ0) is 34.4. The first-order valence-electron chi connectivity index (χ1n) is 17.7. The van der Waals surface area contributed by atoms with Crippen molar-refractivity contribution in [1.82, 2.24) is 9.97 Å². The van der Waals surface area contributed by atoms with Gasteiger partial charge >= 0.3 is 0 Å². The Bertz CT molecular complexity index is 2940. The zero-order valence-electron chi connectivity index (χ0n) is 28.4. The minimum atomic E-state index is 0.714. The second kappa shape index (κ2) is 12.5. The van der Waals surface area contributed by atoms with E-state index in [1.165, 1.54) is 43.4 Å². The lowest BCUT2D eigenvalue weighted by atomic mass is 9.92. The van der Waals surface area contributed by atoms with Crippen LogP contribution in [0.4, 0.5) is 0 Å². The van der Waals surface area contributed by atoms with Crippen LogP contribution in [0.5, 0.6) is 0 Å². The summed E-state index contributed by atoms with van der Waals surface area (Å²) in [6.07, 6.45) is 0. The minimum Gasteiger partial charge on any atom is -0.228 e. The molecule has 1 aromatic heterocycles. The second-order valence-electron chi connectivity index (χ2n) is 13.4. The summed E-state index contributed by atoms with van der Waals surface area (Å²) in [5.41, 5.74) is 9.59. The first-order valence-corrected chi connectivity index (χ1v) is 17.7. The number of hydrogen-bond donors (Lipinski definition) is 0. The van der Waals surface area contributed by atoms with Gasteiger partial charge in [0, 0.05) is 16.7 Å². The van der Waals surface area contributed by atoms with Crippen molar-refractivity contribution in [2.45, 2.75) is 0 Å². The Hall–Kier alpha value is -6.90. The van der Waals surface area contributed by atoms with Crippen LogP contribution in [0.1, 0.15) is 0 Å². The maximum atomic E-state index is 5.45. The quantitative estimate of drug-likeness (QED) is 0.136. The number of hydrogen-bond acceptors (Lipinski definition) is 2. The van der Waals surface area contributed by atoms with Gasteiger partial charge in [0.15, 0.2) is 5.82 Å². The molecule has 0 spiro atoms. The first-order chi connectivity index (χ1) is 25.8. The average molecular weight is 661 g/mol. The van der Waals surface area contributed by atoms with Crippen LogP contribution in [0.3, 0.4) is 0 Å². The highest BCUT2D eigenvalue weighted by Crippen LogP contribution is 2.41. The normalized spacial score (nSPS) is 11.5. The van der Waals surface area contributed by atoms with E-state index in [-0.39, 0.29) is 0 Å². The SMILES string of the molecule is c1ccc(-c2ccccc2-c2cc(-c3ccc(-c4ccc5ccccc5c4)cc3)nc(-c3c4ccccc4cc4c3ccc3ccccc34)n2)cc1. The molecule has 0 N–H and O–H groups in total. The zero-order valence-corrected chi connectivity index (χ0v) is 28.4. The van der Waals surface area contributed by atoms with Gasteiger partial charge in [0.25, 0.3) is 0 Å². The fourth-order valence-corrected chi connectivity index (χ4v) is 7.68. The number of fused-ring (bicyclic) bond motifs is 5. The topological polar surface area (TPSA) is 25.8 Å². The van der Waals surface area contributed by atoms with Gasteiger partial charge in [0.1, 0.15) is 0 Å². The van der Waals surface area contributed by atoms with E-state index in [1.807, 2.05) is 0 Å². The van der Waals surface area contributed by atoms with Gasteiger partial charge in [-0.25, -0.2) is 9.97 Å². The van der Waals surface area contributed by atoms with Crippen molar-refractivity contribution in [2.75, 3.05) is 0 Å². The molecular formula is C50H32N2. The van der Waals surface area contributed by atoms with Crippen molar-refractivity contribution in [3.63, 3.8) is 0 Å². The maximum Gasteiger partial charge on any atom is 0.161 e. The maximum absolute atomic E-state index is 5.45. The molecule has 52 heavy (non-hydrogen) atoms. The molecule has 0 fully saturated rings. The molecule has 0 aliphatic rings. The standard InChI is InChI=1S/C50H32N2/c1-2-13-35(14-3-1)41-18-10-11-21-44(41)48-32-47(37-25-22-34(23-26-37)39-27-24-33-12-4-5-16-38(33)30-39)51-50(52-48)49-43-20-9-7-17-40(43)31-46-42-19-8-6-15-36(42)28-29-45(46)49/h1-32H. The van der Waals surface area contributed by atoms with Gasteiger partial charge in [-0.1, -0.05) is 176 Å². The Morgan fingerprint density at radius 1 is 0.269 bits per heavy atom. The smallest absolute Gasteiger partial charge is 0.161 e. The number of aromatic nitrogens is 2. The summed E-state index contributed by atoms with van der Waals surface area (Å²) in [6, 6.07) is 69.3. The molecule has 9 aromatic carbocycles. The molecule has 242 valence electrons. The van der Waals surface area contributed by atoms with Crippen LogP contribution in [0.25, 0.3) is 99.2 Å². The molecule has 0 radical (unpaired) electrons. The van der Waals surface area contributed by atoms with Gasteiger partial charge in [-0.3, -0.25) is 0 Å². The van der Waals surface area contributed by atoms with Gasteiger partial charge < -0.3 is 0 Å². The Balaban J connectivity index is 1.21. The van der Waals surface area contributed by atoms with Crippen LogP contribution in [-0.4, -0.2) is 9.97 Å². The van der Waals surface area contributed by atoms with Crippen LogP contribution in [0.15, 0.2) is 194 Å². The number of benzene rings is 9. The Kier molecular flexibility index (Phi) is 7.18. The van der Waals surface area contributed by atoms with E-state index in [9.17, 15) is 0 Å².